The molecular formula is C10H22N2O3S. The molecule has 5 nitrogen and oxygen atoms in total. The third-order valence-electron chi connectivity index (χ3n) is 1.92. The molecule has 0 fully saturated rings. The van der Waals surface area contributed by atoms with Gasteiger partial charge in [0.15, 0.2) is 11.1 Å². The first-order chi connectivity index (χ1) is 7.32. The Balaban J connectivity index is 4.08. The minimum atomic E-state index is -2.02. The Labute approximate surface area is 99.7 Å². The Morgan fingerprint density at radius 2 is 1.88 bits per heavy atom. The number of carbonyl (C=O) groups is 1. The van der Waals surface area contributed by atoms with Crippen LogP contribution in [0, 0.1) is 5.92 Å². The average molecular weight is 250 g/mol. The van der Waals surface area contributed by atoms with Crippen LogP contribution in [-0.2, 0) is 15.9 Å². The zero-order valence-corrected chi connectivity index (χ0v) is 11.1. The number of carbonyl (C=O) groups excluding carboxylic acids is 1. The van der Waals surface area contributed by atoms with Crippen molar-refractivity contribution in [1.29, 1.82) is 0 Å². The number of rotatable bonds is 7. The Hall–Kier alpha value is -0.460. The van der Waals surface area contributed by atoms with Crippen molar-refractivity contribution in [2.45, 2.75) is 45.5 Å². The lowest BCUT2D eigenvalue weighted by Gasteiger charge is -2.17. The van der Waals surface area contributed by atoms with Crippen LogP contribution in [0.2, 0.25) is 0 Å². The van der Waals surface area contributed by atoms with Gasteiger partial charge >= 0.3 is 0 Å². The number of amides is 1. The van der Waals surface area contributed by atoms with Crippen LogP contribution in [-0.4, -0.2) is 32.6 Å². The highest BCUT2D eigenvalue weighted by Gasteiger charge is 2.18. The summed E-state index contributed by atoms with van der Waals surface area (Å²) in [6.45, 7) is 7.92. The van der Waals surface area contributed by atoms with Crippen molar-refractivity contribution in [2.24, 2.45) is 5.92 Å². The highest BCUT2D eigenvalue weighted by Crippen LogP contribution is 2.06. The van der Waals surface area contributed by atoms with Crippen molar-refractivity contribution in [3.05, 3.63) is 0 Å². The first kappa shape index (κ1) is 15.5. The number of nitrogens with one attached hydrogen (secondary N) is 2. The van der Waals surface area contributed by atoms with E-state index in [0.717, 1.165) is 0 Å². The summed E-state index contributed by atoms with van der Waals surface area (Å²) >= 11 is -2.02. The van der Waals surface area contributed by atoms with Crippen molar-refractivity contribution in [1.82, 2.24) is 10.6 Å². The molecule has 6 heteroatoms. The van der Waals surface area contributed by atoms with E-state index in [2.05, 4.69) is 10.6 Å². The van der Waals surface area contributed by atoms with Gasteiger partial charge in [0.25, 0.3) is 0 Å². The quantitative estimate of drug-likeness (QED) is 0.581. The molecule has 3 N–H and O–H groups in total. The maximum atomic E-state index is 11.4. The molecule has 0 aromatic rings. The van der Waals surface area contributed by atoms with Crippen LogP contribution >= 0.6 is 0 Å². The molecule has 0 radical (unpaired) electrons. The fraction of sp³-hybridized carbons (Fsp3) is 0.900. The molecule has 0 bridgehead atoms. The first-order valence-electron chi connectivity index (χ1n) is 5.45. The van der Waals surface area contributed by atoms with Crippen LogP contribution in [0.25, 0.3) is 0 Å². The number of hydrogen-bond donors (Lipinski definition) is 3. The third kappa shape index (κ3) is 7.78. The van der Waals surface area contributed by atoms with E-state index in [-0.39, 0.29) is 24.4 Å². The molecular weight excluding hydrogens is 228 g/mol. The normalized spacial score (nSPS) is 15.2. The fourth-order valence-corrected chi connectivity index (χ4v) is 1.93. The van der Waals surface area contributed by atoms with Crippen LogP contribution in [0.5, 0.6) is 0 Å². The second-order valence-corrected chi connectivity index (χ2v) is 5.62. The van der Waals surface area contributed by atoms with E-state index in [4.69, 9.17) is 4.55 Å². The van der Waals surface area contributed by atoms with Crippen LogP contribution in [0.4, 0.5) is 0 Å². The Bertz CT molecular complexity index is 244. The van der Waals surface area contributed by atoms with Gasteiger partial charge in [-0.2, -0.15) is 0 Å². The van der Waals surface area contributed by atoms with E-state index < -0.39 is 16.5 Å². The molecule has 0 aliphatic heterocycles. The van der Waals surface area contributed by atoms with E-state index in [0.29, 0.717) is 6.42 Å². The van der Waals surface area contributed by atoms with E-state index in [1.807, 2.05) is 27.7 Å². The summed E-state index contributed by atoms with van der Waals surface area (Å²) in [5.41, 5.74) is 0. The van der Waals surface area contributed by atoms with Crippen molar-refractivity contribution in [3.8, 4) is 0 Å². The van der Waals surface area contributed by atoms with Crippen molar-refractivity contribution < 1.29 is 13.6 Å². The summed E-state index contributed by atoms with van der Waals surface area (Å²) in [6, 6.07) is 0.217. The molecule has 0 aliphatic rings. The maximum Gasteiger partial charge on any atom is 0.234 e. The molecule has 0 heterocycles. The summed E-state index contributed by atoms with van der Waals surface area (Å²) < 4.78 is 20.0. The summed E-state index contributed by atoms with van der Waals surface area (Å²) in [5, 5.41) is 4.82. The summed E-state index contributed by atoms with van der Waals surface area (Å²) in [7, 11) is 0. The molecule has 0 spiro atoms. The standard InChI is InChI=1S/C10H22N2O3S/c1-7(2)5-10(16(14)15)12-9(13)6-11-8(3)4/h7-8,10-11H,5-6H2,1-4H3,(H,12,13)(H,14,15)/t10-/m1/s1. The monoisotopic (exact) mass is 250 g/mol. The van der Waals surface area contributed by atoms with E-state index in [1.165, 1.54) is 0 Å². The van der Waals surface area contributed by atoms with E-state index in [1.54, 1.807) is 0 Å². The topological polar surface area (TPSA) is 78.4 Å². The molecule has 2 atom stereocenters. The largest absolute Gasteiger partial charge is 0.339 e. The molecule has 0 rings (SSSR count). The minimum Gasteiger partial charge on any atom is -0.339 e. The van der Waals surface area contributed by atoms with Crippen LogP contribution in [0.3, 0.4) is 0 Å². The van der Waals surface area contributed by atoms with Crippen LogP contribution in [0.1, 0.15) is 34.1 Å². The Morgan fingerprint density at radius 3 is 2.25 bits per heavy atom. The molecule has 16 heavy (non-hydrogen) atoms. The van der Waals surface area contributed by atoms with E-state index >= 15 is 0 Å². The van der Waals surface area contributed by atoms with Gasteiger partial charge in [-0.05, 0) is 12.3 Å². The van der Waals surface area contributed by atoms with E-state index in [9.17, 15) is 9.00 Å². The van der Waals surface area contributed by atoms with Crippen molar-refractivity contribution in [2.75, 3.05) is 6.54 Å². The lowest BCUT2D eigenvalue weighted by molar-refractivity contribution is -0.120. The molecule has 1 amide bonds. The van der Waals surface area contributed by atoms with Crippen molar-refractivity contribution >= 4 is 17.0 Å². The lowest BCUT2D eigenvalue weighted by atomic mass is 10.1. The van der Waals surface area contributed by atoms with Crippen LogP contribution < -0.4 is 10.6 Å². The molecule has 0 saturated heterocycles. The van der Waals surface area contributed by atoms with Crippen LogP contribution in [0.15, 0.2) is 0 Å². The Morgan fingerprint density at radius 1 is 1.31 bits per heavy atom. The minimum absolute atomic E-state index is 0.170. The highest BCUT2D eigenvalue weighted by atomic mass is 32.2. The van der Waals surface area contributed by atoms with Gasteiger partial charge in [-0.1, -0.05) is 27.7 Å². The Kier molecular flexibility index (Phi) is 7.53. The highest BCUT2D eigenvalue weighted by molar-refractivity contribution is 7.79. The summed E-state index contributed by atoms with van der Waals surface area (Å²) in [6.07, 6.45) is 0.497. The van der Waals surface area contributed by atoms with Gasteiger partial charge in [-0.3, -0.25) is 4.79 Å². The SMILES string of the molecule is CC(C)C[C@H](NC(=O)CNC(C)C)S(=O)O. The predicted octanol–water partition coefficient (Wildman–Crippen LogP) is 0.695. The molecule has 0 saturated carbocycles. The van der Waals surface area contributed by atoms with Gasteiger partial charge in [0.1, 0.15) is 5.37 Å². The summed E-state index contributed by atoms with van der Waals surface area (Å²) in [5.74, 6) is 0.0150. The first-order valence-corrected chi connectivity index (χ1v) is 6.62. The number of hydrogen-bond acceptors (Lipinski definition) is 3. The molecule has 1 unspecified atom stereocenters. The maximum absolute atomic E-state index is 11.4. The van der Waals surface area contributed by atoms with Gasteiger partial charge in [0.05, 0.1) is 6.54 Å². The third-order valence-corrected chi connectivity index (χ3v) is 2.72. The van der Waals surface area contributed by atoms with Gasteiger partial charge in [-0.15, -0.1) is 0 Å². The van der Waals surface area contributed by atoms with Gasteiger partial charge in [0.2, 0.25) is 5.91 Å². The zero-order valence-electron chi connectivity index (χ0n) is 10.3. The summed E-state index contributed by atoms with van der Waals surface area (Å²) in [4.78, 5) is 11.4. The second kappa shape index (κ2) is 7.76. The molecule has 0 aromatic carbocycles. The fourth-order valence-electron chi connectivity index (χ4n) is 1.15. The van der Waals surface area contributed by atoms with Gasteiger partial charge < -0.3 is 15.2 Å². The molecule has 0 aliphatic carbocycles. The molecule has 96 valence electrons. The van der Waals surface area contributed by atoms with Gasteiger partial charge in [-0.25, -0.2) is 4.21 Å². The average Bonchev–Trinajstić information content (AvgIpc) is 2.12. The second-order valence-electron chi connectivity index (χ2n) is 4.50. The van der Waals surface area contributed by atoms with Crippen molar-refractivity contribution in [3.63, 3.8) is 0 Å². The smallest absolute Gasteiger partial charge is 0.234 e. The predicted molar refractivity (Wildman–Crippen MR) is 65.3 cm³/mol. The van der Waals surface area contributed by atoms with Gasteiger partial charge in [0, 0.05) is 6.04 Å². The molecule has 0 aromatic heterocycles. The zero-order chi connectivity index (χ0) is 12.7. The lowest BCUT2D eigenvalue weighted by Crippen LogP contribution is -2.44.